The molecule has 1 aromatic carbocycles. The number of nitrogens with one attached hydrogen (secondary N) is 2. The van der Waals surface area contributed by atoms with Crippen molar-refractivity contribution in [2.45, 2.75) is 65.1 Å². The minimum absolute atomic E-state index is 0.101. The van der Waals surface area contributed by atoms with Crippen LogP contribution in [0.25, 0.3) is 0 Å². The molecule has 128 valence electrons. The predicted molar refractivity (Wildman–Crippen MR) is 93.4 cm³/mol. The first-order valence-corrected chi connectivity index (χ1v) is 8.47. The first-order chi connectivity index (χ1) is 10.7. The summed E-state index contributed by atoms with van der Waals surface area (Å²) in [6.07, 6.45) is 2.17. The van der Waals surface area contributed by atoms with Crippen molar-refractivity contribution < 1.29 is 9.53 Å². The second-order valence-corrected chi connectivity index (χ2v) is 7.89. The molecular formula is C19H30N2O2. The van der Waals surface area contributed by atoms with Crippen LogP contribution in [-0.4, -0.2) is 24.3 Å². The van der Waals surface area contributed by atoms with Gasteiger partial charge in [0.2, 0.25) is 0 Å². The van der Waals surface area contributed by atoms with Gasteiger partial charge in [-0.2, -0.15) is 0 Å². The number of carbonyl (C=O) groups excluding carboxylic acids is 1. The maximum absolute atomic E-state index is 12.1. The lowest BCUT2D eigenvalue weighted by molar-refractivity contribution is 0.0502. The molecule has 2 rings (SSSR count). The van der Waals surface area contributed by atoms with E-state index in [2.05, 4.69) is 24.5 Å². The summed E-state index contributed by atoms with van der Waals surface area (Å²) in [7, 11) is 0. The van der Waals surface area contributed by atoms with E-state index >= 15 is 0 Å². The van der Waals surface area contributed by atoms with Gasteiger partial charge >= 0.3 is 6.09 Å². The Morgan fingerprint density at radius 1 is 1.26 bits per heavy atom. The van der Waals surface area contributed by atoms with Crippen LogP contribution in [0.15, 0.2) is 30.3 Å². The first kappa shape index (κ1) is 17.8. The van der Waals surface area contributed by atoms with Crippen LogP contribution in [0, 0.1) is 5.41 Å². The van der Waals surface area contributed by atoms with Crippen molar-refractivity contribution in [1.29, 1.82) is 0 Å². The van der Waals surface area contributed by atoms with E-state index in [1.54, 1.807) is 0 Å². The molecule has 1 aliphatic carbocycles. The zero-order chi connectivity index (χ0) is 17.1. The molecule has 0 aliphatic heterocycles. The van der Waals surface area contributed by atoms with E-state index in [-0.39, 0.29) is 12.1 Å². The third-order valence-electron chi connectivity index (χ3n) is 4.61. The average Bonchev–Trinajstić information content (AvgIpc) is 3.21. The molecule has 0 radical (unpaired) electrons. The van der Waals surface area contributed by atoms with E-state index in [0.717, 1.165) is 5.56 Å². The highest BCUT2D eigenvalue weighted by molar-refractivity contribution is 5.68. The van der Waals surface area contributed by atoms with Crippen LogP contribution in [0.1, 0.15) is 59.1 Å². The lowest BCUT2D eigenvalue weighted by atomic mass is 10.00. The molecule has 2 N–H and O–H groups in total. The third-order valence-corrected chi connectivity index (χ3v) is 4.61. The molecule has 4 heteroatoms. The Kier molecular flexibility index (Phi) is 5.35. The zero-order valence-corrected chi connectivity index (χ0v) is 15.0. The van der Waals surface area contributed by atoms with E-state index in [1.807, 2.05) is 51.1 Å². The molecule has 2 unspecified atom stereocenters. The minimum atomic E-state index is -0.493. The van der Waals surface area contributed by atoms with Gasteiger partial charge in [-0.1, -0.05) is 37.3 Å². The number of amides is 1. The monoisotopic (exact) mass is 318 g/mol. The molecule has 1 aliphatic rings. The molecule has 1 saturated carbocycles. The Balaban J connectivity index is 1.99. The second kappa shape index (κ2) is 6.91. The summed E-state index contributed by atoms with van der Waals surface area (Å²) in [6, 6.07) is 10.4. The predicted octanol–water partition coefficient (Wildman–Crippen LogP) is 4.03. The van der Waals surface area contributed by atoms with Gasteiger partial charge in [-0.15, -0.1) is 0 Å². The zero-order valence-electron chi connectivity index (χ0n) is 15.0. The Morgan fingerprint density at radius 3 is 2.39 bits per heavy atom. The van der Waals surface area contributed by atoms with Crippen LogP contribution in [0.3, 0.4) is 0 Å². The summed E-state index contributed by atoms with van der Waals surface area (Å²) in [6.45, 7) is 10.8. The Morgan fingerprint density at radius 2 is 1.87 bits per heavy atom. The molecular weight excluding hydrogens is 288 g/mol. The molecule has 23 heavy (non-hydrogen) atoms. The maximum atomic E-state index is 12.1. The maximum Gasteiger partial charge on any atom is 0.408 e. The van der Waals surface area contributed by atoms with Gasteiger partial charge in [0.1, 0.15) is 5.60 Å². The van der Waals surface area contributed by atoms with Crippen molar-refractivity contribution in [3.63, 3.8) is 0 Å². The number of rotatable bonds is 6. The summed E-state index contributed by atoms with van der Waals surface area (Å²) >= 11 is 0. The molecule has 4 nitrogen and oxygen atoms in total. The van der Waals surface area contributed by atoms with Crippen molar-refractivity contribution >= 4 is 6.09 Å². The van der Waals surface area contributed by atoms with Crippen LogP contribution in [0.5, 0.6) is 0 Å². The Labute approximate surface area is 140 Å². The second-order valence-electron chi connectivity index (χ2n) is 7.89. The lowest BCUT2D eigenvalue weighted by Gasteiger charge is -2.27. The van der Waals surface area contributed by atoms with E-state index < -0.39 is 5.60 Å². The van der Waals surface area contributed by atoms with Crippen molar-refractivity contribution in [1.82, 2.24) is 10.6 Å². The van der Waals surface area contributed by atoms with Crippen molar-refractivity contribution in [3.8, 4) is 0 Å². The van der Waals surface area contributed by atoms with Crippen LogP contribution in [-0.2, 0) is 4.74 Å². The highest BCUT2D eigenvalue weighted by atomic mass is 16.6. The van der Waals surface area contributed by atoms with Crippen molar-refractivity contribution in [2.24, 2.45) is 5.41 Å². The Bertz CT molecular complexity index is 518. The molecule has 1 amide bonds. The number of hydrogen-bond donors (Lipinski definition) is 2. The van der Waals surface area contributed by atoms with Crippen LogP contribution >= 0.6 is 0 Å². The SMILES string of the molecule is CC(NCC(NC(=O)OC(C)(C)C)c1ccccc1)C1(C)CC1. The molecule has 1 fully saturated rings. The summed E-state index contributed by atoms with van der Waals surface area (Å²) in [5.74, 6) is 0. The van der Waals surface area contributed by atoms with E-state index in [9.17, 15) is 4.79 Å². The van der Waals surface area contributed by atoms with Gasteiger partial charge in [0, 0.05) is 12.6 Å². The van der Waals surface area contributed by atoms with E-state index in [1.165, 1.54) is 12.8 Å². The number of carbonyl (C=O) groups is 1. The molecule has 1 aromatic rings. The average molecular weight is 318 g/mol. The molecule has 2 atom stereocenters. The van der Waals surface area contributed by atoms with Gasteiger partial charge in [-0.25, -0.2) is 4.79 Å². The van der Waals surface area contributed by atoms with Gasteiger partial charge in [-0.05, 0) is 51.5 Å². The van der Waals surface area contributed by atoms with Gasteiger partial charge in [0.15, 0.2) is 0 Å². The Hall–Kier alpha value is -1.55. The summed E-state index contributed by atoms with van der Waals surface area (Å²) in [5.41, 5.74) is 1.000. The number of hydrogen-bond acceptors (Lipinski definition) is 3. The van der Waals surface area contributed by atoms with Crippen LogP contribution in [0.2, 0.25) is 0 Å². The number of ether oxygens (including phenoxy) is 1. The normalized spacial score (nSPS) is 18.8. The van der Waals surface area contributed by atoms with Crippen LogP contribution < -0.4 is 10.6 Å². The third kappa shape index (κ3) is 5.54. The van der Waals surface area contributed by atoms with E-state index in [0.29, 0.717) is 18.0 Å². The highest BCUT2D eigenvalue weighted by Gasteiger charge is 2.42. The summed E-state index contributed by atoms with van der Waals surface area (Å²) in [4.78, 5) is 12.1. The van der Waals surface area contributed by atoms with Gasteiger partial charge in [-0.3, -0.25) is 0 Å². The largest absolute Gasteiger partial charge is 0.444 e. The topological polar surface area (TPSA) is 50.4 Å². The van der Waals surface area contributed by atoms with E-state index in [4.69, 9.17) is 4.74 Å². The molecule has 0 bridgehead atoms. The molecule has 0 heterocycles. The fourth-order valence-corrected chi connectivity index (χ4v) is 2.56. The van der Waals surface area contributed by atoms with Gasteiger partial charge in [0.25, 0.3) is 0 Å². The smallest absolute Gasteiger partial charge is 0.408 e. The quantitative estimate of drug-likeness (QED) is 0.832. The van der Waals surface area contributed by atoms with Crippen molar-refractivity contribution in [2.75, 3.05) is 6.54 Å². The fraction of sp³-hybridized carbons (Fsp3) is 0.632. The summed E-state index contributed by atoms with van der Waals surface area (Å²) in [5, 5.41) is 6.57. The summed E-state index contributed by atoms with van der Waals surface area (Å²) < 4.78 is 5.40. The van der Waals surface area contributed by atoms with Gasteiger partial charge < -0.3 is 15.4 Å². The molecule has 0 spiro atoms. The standard InChI is InChI=1S/C19H30N2O2/c1-14(19(5)11-12-19)20-13-16(15-9-7-6-8-10-15)21-17(22)23-18(2,3)4/h6-10,14,16,20H,11-13H2,1-5H3,(H,21,22). The number of alkyl carbamates (subject to hydrolysis) is 1. The highest BCUT2D eigenvalue weighted by Crippen LogP contribution is 2.47. The lowest BCUT2D eigenvalue weighted by Crippen LogP contribution is -2.42. The van der Waals surface area contributed by atoms with Crippen LogP contribution in [0.4, 0.5) is 4.79 Å². The van der Waals surface area contributed by atoms with Gasteiger partial charge in [0.05, 0.1) is 6.04 Å². The number of benzene rings is 1. The molecule has 0 aromatic heterocycles. The minimum Gasteiger partial charge on any atom is -0.444 e. The molecule has 0 saturated heterocycles. The first-order valence-electron chi connectivity index (χ1n) is 8.47. The fourth-order valence-electron chi connectivity index (χ4n) is 2.56. The van der Waals surface area contributed by atoms with Crippen molar-refractivity contribution in [3.05, 3.63) is 35.9 Å².